The van der Waals surface area contributed by atoms with Gasteiger partial charge in [-0.1, -0.05) is 0 Å². The molecule has 5 nitrogen and oxygen atoms in total. The average molecular weight is 306 g/mol. The fourth-order valence-electron chi connectivity index (χ4n) is 2.08. The zero-order chi connectivity index (χ0) is 14.1. The molecule has 3 heterocycles. The van der Waals surface area contributed by atoms with E-state index >= 15 is 0 Å². The fourth-order valence-corrected chi connectivity index (χ4v) is 3.02. The molecule has 1 N–H and O–H groups in total. The van der Waals surface area contributed by atoms with Gasteiger partial charge in [0.2, 0.25) is 5.88 Å². The van der Waals surface area contributed by atoms with Gasteiger partial charge in [-0.15, -0.1) is 11.3 Å². The number of thiazole rings is 1. The Morgan fingerprint density at radius 3 is 2.95 bits per heavy atom. The molecule has 0 unspecified atom stereocenters. The van der Waals surface area contributed by atoms with Crippen LogP contribution in [-0.4, -0.2) is 26.6 Å². The molecule has 0 amide bonds. The number of methoxy groups -OCH3 is 1. The normalized spacial score (nSPS) is 11.1. The Labute approximate surface area is 125 Å². The molecule has 7 heteroatoms. The lowest BCUT2D eigenvalue weighted by atomic mass is 10.3. The van der Waals surface area contributed by atoms with Crippen LogP contribution < -0.4 is 4.74 Å². The van der Waals surface area contributed by atoms with Gasteiger partial charge in [0.05, 0.1) is 23.3 Å². The Morgan fingerprint density at radius 2 is 2.25 bits per heavy atom. The first kappa shape index (κ1) is 13.3. The van der Waals surface area contributed by atoms with Gasteiger partial charge in [-0.25, -0.2) is 4.98 Å². The van der Waals surface area contributed by atoms with E-state index in [0.717, 1.165) is 34.8 Å². The molecule has 0 aliphatic heterocycles. The van der Waals surface area contributed by atoms with Gasteiger partial charge in [0.25, 0.3) is 0 Å². The zero-order valence-corrected chi connectivity index (χ0v) is 12.8. The number of aromatic nitrogens is 4. The van der Waals surface area contributed by atoms with Crippen molar-refractivity contribution in [1.82, 2.24) is 19.5 Å². The first-order valence-corrected chi connectivity index (χ1v) is 7.51. The van der Waals surface area contributed by atoms with Crippen molar-refractivity contribution in [3.63, 3.8) is 0 Å². The van der Waals surface area contributed by atoms with Crippen LogP contribution in [0.5, 0.6) is 5.88 Å². The van der Waals surface area contributed by atoms with E-state index in [0.29, 0.717) is 10.7 Å². The second kappa shape index (κ2) is 5.34. The molecule has 0 saturated carbocycles. The molecule has 3 aromatic rings. The van der Waals surface area contributed by atoms with Gasteiger partial charge in [-0.2, -0.15) is 4.98 Å². The van der Waals surface area contributed by atoms with Gasteiger partial charge in [-0.3, -0.25) is 0 Å². The van der Waals surface area contributed by atoms with Crippen LogP contribution in [0.4, 0.5) is 0 Å². The van der Waals surface area contributed by atoms with E-state index in [1.54, 1.807) is 18.4 Å². The maximum atomic E-state index is 5.36. The second-order valence-corrected chi connectivity index (χ2v) is 5.86. The smallest absolute Gasteiger partial charge is 0.215 e. The quantitative estimate of drug-likeness (QED) is 0.753. The Kier molecular flexibility index (Phi) is 3.54. The monoisotopic (exact) mass is 306 g/mol. The summed E-state index contributed by atoms with van der Waals surface area (Å²) in [6.45, 7) is 2.76. The first-order chi connectivity index (χ1) is 9.67. The van der Waals surface area contributed by atoms with Gasteiger partial charge in [0.15, 0.2) is 10.4 Å². The minimum Gasteiger partial charge on any atom is -0.481 e. The summed E-state index contributed by atoms with van der Waals surface area (Å²) in [6.07, 6.45) is 0.838. The summed E-state index contributed by atoms with van der Waals surface area (Å²) in [7, 11) is 1.61. The molecule has 0 bridgehead atoms. The van der Waals surface area contributed by atoms with E-state index in [1.807, 2.05) is 23.6 Å². The van der Waals surface area contributed by atoms with Crippen molar-refractivity contribution in [2.75, 3.05) is 7.11 Å². The van der Waals surface area contributed by atoms with Crippen molar-refractivity contribution in [1.29, 1.82) is 0 Å². The summed E-state index contributed by atoms with van der Waals surface area (Å²) < 4.78 is 7.83. The molecule has 0 radical (unpaired) electrons. The van der Waals surface area contributed by atoms with Gasteiger partial charge in [-0.05, 0) is 25.2 Å². The molecule has 0 aliphatic carbocycles. The summed E-state index contributed by atoms with van der Waals surface area (Å²) in [5.74, 6) is 0.588. The van der Waals surface area contributed by atoms with Gasteiger partial charge in [0.1, 0.15) is 0 Å². The minimum absolute atomic E-state index is 0.588. The third kappa shape index (κ3) is 2.46. The number of imidazole rings is 1. The standard InChI is InChI=1S/C13H14N4OS2/c1-8-14-9(7-20-8)5-6-17-12-10(15-13(17)19)3-4-11(16-12)18-2/h3-4,7H,5-6H2,1-2H3,(H,15,19). The van der Waals surface area contributed by atoms with Gasteiger partial charge < -0.3 is 14.3 Å². The van der Waals surface area contributed by atoms with Crippen LogP contribution in [-0.2, 0) is 13.0 Å². The molecule has 0 fully saturated rings. The number of nitrogens with zero attached hydrogens (tertiary/aromatic N) is 3. The third-order valence-electron chi connectivity index (χ3n) is 3.06. The van der Waals surface area contributed by atoms with Crippen molar-refractivity contribution in [2.24, 2.45) is 0 Å². The van der Waals surface area contributed by atoms with Crippen LogP contribution in [0.25, 0.3) is 11.2 Å². The van der Waals surface area contributed by atoms with E-state index in [9.17, 15) is 0 Å². The summed E-state index contributed by atoms with van der Waals surface area (Å²) in [5, 5.41) is 3.17. The van der Waals surface area contributed by atoms with Crippen molar-refractivity contribution >= 4 is 34.7 Å². The molecule has 0 saturated heterocycles. The number of rotatable bonds is 4. The Bertz CT molecular complexity index is 802. The van der Waals surface area contributed by atoms with Crippen LogP contribution >= 0.6 is 23.6 Å². The highest BCUT2D eigenvalue weighted by Gasteiger charge is 2.08. The van der Waals surface area contributed by atoms with E-state index < -0.39 is 0 Å². The van der Waals surface area contributed by atoms with Crippen LogP contribution in [0.1, 0.15) is 10.7 Å². The summed E-state index contributed by atoms with van der Waals surface area (Å²) in [6, 6.07) is 3.75. The number of H-pyrrole nitrogens is 1. The number of fused-ring (bicyclic) bond motifs is 1. The summed E-state index contributed by atoms with van der Waals surface area (Å²) >= 11 is 7.03. The number of pyridine rings is 1. The maximum absolute atomic E-state index is 5.36. The van der Waals surface area contributed by atoms with E-state index in [4.69, 9.17) is 17.0 Å². The Morgan fingerprint density at radius 1 is 1.40 bits per heavy atom. The lowest BCUT2D eigenvalue weighted by Crippen LogP contribution is -2.03. The molecule has 3 rings (SSSR count). The van der Waals surface area contributed by atoms with Crippen LogP contribution in [0.3, 0.4) is 0 Å². The highest BCUT2D eigenvalue weighted by Crippen LogP contribution is 2.17. The van der Waals surface area contributed by atoms with E-state index in [-0.39, 0.29) is 0 Å². The van der Waals surface area contributed by atoms with Crippen LogP contribution in [0.2, 0.25) is 0 Å². The first-order valence-electron chi connectivity index (χ1n) is 6.22. The lowest BCUT2D eigenvalue weighted by molar-refractivity contribution is 0.399. The molecule has 0 atom stereocenters. The maximum Gasteiger partial charge on any atom is 0.215 e. The summed E-state index contributed by atoms with van der Waals surface area (Å²) in [4.78, 5) is 12.1. The van der Waals surface area contributed by atoms with Gasteiger partial charge in [0, 0.05) is 24.4 Å². The van der Waals surface area contributed by atoms with Crippen molar-refractivity contribution in [2.45, 2.75) is 19.9 Å². The summed E-state index contributed by atoms with van der Waals surface area (Å²) in [5.41, 5.74) is 2.83. The predicted octanol–water partition coefficient (Wildman–Crippen LogP) is 3.11. The topological polar surface area (TPSA) is 55.7 Å². The highest BCUT2D eigenvalue weighted by atomic mass is 32.1. The Balaban J connectivity index is 1.93. The molecule has 104 valence electrons. The number of hydrogen-bond donors (Lipinski definition) is 1. The molecule has 0 aliphatic rings. The average Bonchev–Trinajstić information content (AvgIpc) is 2.98. The van der Waals surface area contributed by atoms with Crippen molar-refractivity contribution in [3.05, 3.63) is 33.0 Å². The molecule has 20 heavy (non-hydrogen) atoms. The molecular weight excluding hydrogens is 292 g/mol. The van der Waals surface area contributed by atoms with Crippen LogP contribution in [0, 0.1) is 11.7 Å². The Hall–Kier alpha value is -1.73. The SMILES string of the molecule is COc1ccc2[nH]c(=S)n(CCc3csc(C)n3)c2n1. The van der Waals surface area contributed by atoms with Crippen molar-refractivity contribution < 1.29 is 4.74 Å². The van der Waals surface area contributed by atoms with E-state index in [2.05, 4.69) is 20.3 Å². The number of aromatic amines is 1. The third-order valence-corrected chi connectivity index (χ3v) is 4.20. The van der Waals surface area contributed by atoms with E-state index in [1.165, 1.54) is 0 Å². The highest BCUT2D eigenvalue weighted by molar-refractivity contribution is 7.71. The molecule has 0 aromatic carbocycles. The van der Waals surface area contributed by atoms with Crippen molar-refractivity contribution in [3.8, 4) is 5.88 Å². The second-order valence-electron chi connectivity index (χ2n) is 4.41. The zero-order valence-electron chi connectivity index (χ0n) is 11.2. The number of ether oxygens (including phenoxy) is 1. The number of aryl methyl sites for hydroxylation is 3. The molecular formula is C13H14N4OS2. The molecule has 3 aromatic heterocycles. The minimum atomic E-state index is 0.588. The molecule has 0 spiro atoms. The number of hydrogen-bond acceptors (Lipinski definition) is 5. The number of nitrogens with one attached hydrogen (secondary N) is 1. The van der Waals surface area contributed by atoms with Gasteiger partial charge >= 0.3 is 0 Å². The fraction of sp³-hybridized carbons (Fsp3) is 0.308. The lowest BCUT2D eigenvalue weighted by Gasteiger charge is -2.03. The largest absolute Gasteiger partial charge is 0.481 e. The predicted molar refractivity (Wildman–Crippen MR) is 82.0 cm³/mol. The van der Waals surface area contributed by atoms with Crippen LogP contribution in [0.15, 0.2) is 17.5 Å².